The summed E-state index contributed by atoms with van der Waals surface area (Å²) in [5.74, 6) is 0.0862. The number of carbonyl (C=O) groups is 2. The summed E-state index contributed by atoms with van der Waals surface area (Å²) < 4.78 is 4.73. The minimum atomic E-state index is -0.385. The average molecular weight is 329 g/mol. The zero-order chi connectivity index (χ0) is 16.4. The number of thioether (sulfide) groups is 1. The third-order valence-corrected chi connectivity index (χ3v) is 5.07. The fourth-order valence-corrected chi connectivity index (χ4v) is 3.97. The lowest BCUT2D eigenvalue weighted by Gasteiger charge is -2.22. The first-order valence-electron chi connectivity index (χ1n) is 7.13. The van der Waals surface area contributed by atoms with Crippen molar-refractivity contribution in [1.29, 1.82) is 5.26 Å². The molecular weight excluding hydrogens is 314 g/mol. The summed E-state index contributed by atoms with van der Waals surface area (Å²) >= 11 is 1.55. The van der Waals surface area contributed by atoms with Crippen LogP contribution in [0.2, 0.25) is 0 Å². The molecule has 1 amide bonds. The lowest BCUT2D eigenvalue weighted by atomic mass is 10.1. The van der Waals surface area contributed by atoms with E-state index < -0.39 is 0 Å². The molecule has 23 heavy (non-hydrogen) atoms. The number of rotatable bonds is 4. The third-order valence-electron chi connectivity index (χ3n) is 3.83. The van der Waals surface area contributed by atoms with Gasteiger partial charge in [0.15, 0.2) is 0 Å². The zero-order valence-corrected chi connectivity index (χ0v) is 13.4. The Morgan fingerprint density at radius 2 is 2.39 bits per heavy atom. The van der Waals surface area contributed by atoms with E-state index in [4.69, 9.17) is 10.00 Å². The lowest BCUT2D eigenvalue weighted by molar-refractivity contribution is -0.127. The molecule has 2 aromatic rings. The maximum atomic E-state index is 12.0. The number of fused-ring (bicyclic) bond motifs is 1. The number of benzene rings is 1. The second kappa shape index (κ2) is 6.34. The van der Waals surface area contributed by atoms with Crippen LogP contribution in [0.3, 0.4) is 0 Å². The number of ether oxygens (including phenoxy) is 1. The molecule has 0 bridgehead atoms. The first-order valence-corrected chi connectivity index (χ1v) is 8.18. The minimum Gasteiger partial charge on any atom is -0.465 e. The van der Waals surface area contributed by atoms with Crippen molar-refractivity contribution in [3.8, 4) is 6.07 Å². The molecule has 1 unspecified atom stereocenters. The fraction of sp³-hybridized carbons (Fsp3) is 0.312. The van der Waals surface area contributed by atoms with Gasteiger partial charge in [0.2, 0.25) is 5.91 Å². The van der Waals surface area contributed by atoms with Gasteiger partial charge in [-0.15, -0.1) is 11.8 Å². The van der Waals surface area contributed by atoms with Gasteiger partial charge >= 0.3 is 5.97 Å². The number of hydrogen-bond acceptors (Lipinski definition) is 5. The Kier molecular flexibility index (Phi) is 4.26. The summed E-state index contributed by atoms with van der Waals surface area (Å²) in [6.07, 6.45) is 2.18. The Labute approximate surface area is 137 Å². The van der Waals surface area contributed by atoms with Gasteiger partial charge in [0.1, 0.15) is 5.37 Å². The number of carbonyl (C=O) groups excluding carboxylic acids is 2. The standard InChI is InChI=1S/C16H15N3O3S/c1-22-16(21)10-3-4-11-12(8-18-13(11)7-10)15-19(6-2-5-17)14(20)9-23-15/h3-4,7-8,15,18H,2,6,9H2,1H3. The van der Waals surface area contributed by atoms with Crippen LogP contribution in [-0.2, 0) is 9.53 Å². The molecule has 1 N–H and O–H groups in total. The lowest BCUT2D eigenvalue weighted by Crippen LogP contribution is -2.28. The number of nitriles is 1. The van der Waals surface area contributed by atoms with E-state index in [2.05, 4.69) is 11.1 Å². The van der Waals surface area contributed by atoms with Gasteiger partial charge in [-0.05, 0) is 12.1 Å². The molecule has 6 nitrogen and oxygen atoms in total. The average Bonchev–Trinajstić information content (AvgIpc) is 3.14. The summed E-state index contributed by atoms with van der Waals surface area (Å²) in [7, 11) is 1.35. The summed E-state index contributed by atoms with van der Waals surface area (Å²) in [5.41, 5.74) is 2.29. The van der Waals surface area contributed by atoms with Crippen LogP contribution in [0.4, 0.5) is 0 Å². The number of amides is 1. The van der Waals surface area contributed by atoms with Gasteiger partial charge in [-0.2, -0.15) is 5.26 Å². The first-order chi connectivity index (χ1) is 11.2. The van der Waals surface area contributed by atoms with Crippen molar-refractivity contribution in [2.24, 2.45) is 0 Å². The number of aromatic amines is 1. The maximum Gasteiger partial charge on any atom is 0.337 e. The van der Waals surface area contributed by atoms with E-state index >= 15 is 0 Å². The van der Waals surface area contributed by atoms with Crippen LogP contribution in [0.15, 0.2) is 24.4 Å². The Morgan fingerprint density at radius 1 is 1.57 bits per heavy atom. The molecule has 2 heterocycles. The highest BCUT2D eigenvalue weighted by molar-refractivity contribution is 8.00. The van der Waals surface area contributed by atoms with E-state index in [0.29, 0.717) is 24.3 Å². The Balaban J connectivity index is 1.95. The highest BCUT2D eigenvalue weighted by Gasteiger charge is 2.33. The molecule has 0 aliphatic carbocycles. The highest BCUT2D eigenvalue weighted by Crippen LogP contribution is 2.41. The zero-order valence-electron chi connectivity index (χ0n) is 12.5. The highest BCUT2D eigenvalue weighted by atomic mass is 32.2. The summed E-state index contributed by atoms with van der Waals surface area (Å²) in [5, 5.41) is 9.62. The SMILES string of the molecule is COC(=O)c1ccc2c(C3SCC(=O)N3CCC#N)c[nH]c2c1. The van der Waals surface area contributed by atoms with E-state index in [1.54, 1.807) is 28.8 Å². The summed E-state index contributed by atoms with van der Waals surface area (Å²) in [4.78, 5) is 28.5. The van der Waals surface area contributed by atoms with Crippen LogP contribution in [0.5, 0.6) is 0 Å². The molecule has 1 aliphatic heterocycles. The first kappa shape index (κ1) is 15.4. The minimum absolute atomic E-state index is 0.0516. The smallest absolute Gasteiger partial charge is 0.337 e. The van der Waals surface area contributed by atoms with Crippen LogP contribution in [0.1, 0.15) is 27.7 Å². The molecule has 1 aromatic carbocycles. The number of aromatic nitrogens is 1. The predicted molar refractivity (Wildman–Crippen MR) is 86.8 cm³/mol. The molecule has 7 heteroatoms. The monoisotopic (exact) mass is 329 g/mol. The van der Waals surface area contributed by atoms with Gasteiger partial charge in [0, 0.05) is 29.2 Å². The molecule has 0 saturated carbocycles. The van der Waals surface area contributed by atoms with Crippen molar-refractivity contribution >= 4 is 34.5 Å². The quantitative estimate of drug-likeness (QED) is 0.871. The van der Waals surface area contributed by atoms with E-state index in [0.717, 1.165) is 16.5 Å². The van der Waals surface area contributed by atoms with Crippen molar-refractivity contribution in [2.75, 3.05) is 19.4 Å². The van der Waals surface area contributed by atoms with Gasteiger partial charge in [0.05, 0.1) is 30.9 Å². The van der Waals surface area contributed by atoms with Gasteiger partial charge in [0.25, 0.3) is 0 Å². The molecule has 1 fully saturated rings. The van der Waals surface area contributed by atoms with Crippen LogP contribution in [0.25, 0.3) is 10.9 Å². The molecule has 0 radical (unpaired) electrons. The molecule has 1 saturated heterocycles. The second-order valence-electron chi connectivity index (χ2n) is 5.15. The molecule has 1 atom stereocenters. The van der Waals surface area contributed by atoms with Gasteiger partial charge < -0.3 is 14.6 Å². The van der Waals surface area contributed by atoms with E-state index in [9.17, 15) is 9.59 Å². The fourth-order valence-electron chi connectivity index (χ4n) is 2.72. The molecular formula is C16H15N3O3S. The molecule has 1 aromatic heterocycles. The van der Waals surface area contributed by atoms with Crippen LogP contribution < -0.4 is 0 Å². The van der Waals surface area contributed by atoms with Crippen molar-refractivity contribution < 1.29 is 14.3 Å². The Morgan fingerprint density at radius 3 is 3.13 bits per heavy atom. The number of H-pyrrole nitrogens is 1. The van der Waals surface area contributed by atoms with Crippen LogP contribution in [-0.4, -0.2) is 41.2 Å². The summed E-state index contributed by atoms with van der Waals surface area (Å²) in [6.45, 7) is 0.430. The molecule has 3 rings (SSSR count). The van der Waals surface area contributed by atoms with E-state index in [-0.39, 0.29) is 17.3 Å². The van der Waals surface area contributed by atoms with Crippen molar-refractivity contribution in [2.45, 2.75) is 11.8 Å². The van der Waals surface area contributed by atoms with E-state index in [1.165, 1.54) is 7.11 Å². The van der Waals surface area contributed by atoms with Crippen LogP contribution >= 0.6 is 11.8 Å². The number of nitrogens with one attached hydrogen (secondary N) is 1. The van der Waals surface area contributed by atoms with E-state index in [1.807, 2.05) is 12.3 Å². The van der Waals surface area contributed by atoms with Gasteiger partial charge in [-0.25, -0.2) is 4.79 Å². The molecule has 1 aliphatic rings. The van der Waals surface area contributed by atoms with Crippen molar-refractivity contribution in [1.82, 2.24) is 9.88 Å². The van der Waals surface area contributed by atoms with Crippen molar-refractivity contribution in [3.05, 3.63) is 35.5 Å². The van der Waals surface area contributed by atoms with Crippen LogP contribution in [0, 0.1) is 11.3 Å². The second-order valence-corrected chi connectivity index (χ2v) is 6.22. The van der Waals surface area contributed by atoms with Crippen molar-refractivity contribution in [3.63, 3.8) is 0 Å². The maximum absolute atomic E-state index is 12.0. The molecule has 118 valence electrons. The third kappa shape index (κ3) is 2.78. The largest absolute Gasteiger partial charge is 0.465 e. The normalized spacial score (nSPS) is 17.5. The predicted octanol–water partition coefficient (Wildman–Crippen LogP) is 2.44. The topological polar surface area (TPSA) is 86.2 Å². The Bertz CT molecular complexity index is 808. The van der Waals surface area contributed by atoms with Gasteiger partial charge in [-0.3, -0.25) is 4.79 Å². The number of esters is 1. The molecule has 0 spiro atoms. The number of nitrogens with zero attached hydrogens (tertiary/aromatic N) is 2. The number of hydrogen-bond donors (Lipinski definition) is 1. The summed E-state index contributed by atoms with van der Waals surface area (Å²) in [6, 6.07) is 7.40. The van der Waals surface area contributed by atoms with Gasteiger partial charge in [-0.1, -0.05) is 6.07 Å². The Hall–Kier alpha value is -2.46. The number of methoxy groups -OCH3 is 1.